The number of aryl methyl sites for hydroxylation is 1. The van der Waals surface area contributed by atoms with Crippen molar-refractivity contribution in [3.8, 4) is 0 Å². The van der Waals surface area contributed by atoms with Gasteiger partial charge in [-0.2, -0.15) is 5.10 Å². The zero-order valence-corrected chi connectivity index (χ0v) is 15.6. The highest BCUT2D eigenvalue weighted by Crippen LogP contribution is 2.19. The van der Waals surface area contributed by atoms with Gasteiger partial charge in [0.25, 0.3) is 11.8 Å². The molecule has 1 heterocycles. The molecule has 3 aromatic rings. The number of hydrazone groups is 1. The summed E-state index contributed by atoms with van der Waals surface area (Å²) in [6.07, 6.45) is 1.60. The maximum absolute atomic E-state index is 12.1. The fraction of sp³-hybridized carbons (Fsp3) is 0.105. The second-order valence-electron chi connectivity index (χ2n) is 5.66. The van der Waals surface area contributed by atoms with Gasteiger partial charge in [-0.05, 0) is 41.1 Å². The summed E-state index contributed by atoms with van der Waals surface area (Å²) in [6.45, 7) is 1.78. The molecule has 26 heavy (non-hydrogen) atoms. The van der Waals surface area contributed by atoms with E-state index in [-0.39, 0.29) is 12.5 Å². The number of hydrogen-bond donors (Lipinski definition) is 3. The Balaban J connectivity index is 1.57. The predicted molar refractivity (Wildman–Crippen MR) is 105 cm³/mol. The van der Waals surface area contributed by atoms with Gasteiger partial charge in [-0.1, -0.05) is 30.3 Å². The molecule has 6 nitrogen and oxygen atoms in total. The van der Waals surface area contributed by atoms with Gasteiger partial charge in [-0.25, -0.2) is 5.43 Å². The molecule has 0 aliphatic rings. The Hall–Kier alpha value is -2.93. The van der Waals surface area contributed by atoms with Crippen molar-refractivity contribution < 1.29 is 9.59 Å². The number of nitrogens with zero attached hydrogens (tertiary/aromatic N) is 1. The van der Waals surface area contributed by atoms with Gasteiger partial charge in [0.15, 0.2) is 0 Å². The van der Waals surface area contributed by atoms with Gasteiger partial charge < -0.3 is 10.3 Å². The molecule has 0 atom stereocenters. The average Bonchev–Trinajstić information content (AvgIpc) is 2.95. The molecule has 0 aliphatic carbocycles. The third-order valence-corrected chi connectivity index (χ3v) is 4.55. The third-order valence-electron chi connectivity index (χ3n) is 3.85. The summed E-state index contributed by atoms with van der Waals surface area (Å²) >= 11 is 3.31. The highest BCUT2D eigenvalue weighted by Gasteiger charge is 2.10. The van der Waals surface area contributed by atoms with Crippen LogP contribution in [0.3, 0.4) is 0 Å². The summed E-state index contributed by atoms with van der Waals surface area (Å²) in [5.74, 6) is -0.733. The van der Waals surface area contributed by atoms with Crippen molar-refractivity contribution in [1.82, 2.24) is 15.7 Å². The molecule has 3 rings (SSSR count). The molecule has 3 N–H and O–H groups in total. The summed E-state index contributed by atoms with van der Waals surface area (Å²) in [6, 6.07) is 14.9. The van der Waals surface area contributed by atoms with Crippen LogP contribution in [0.4, 0.5) is 0 Å². The molecule has 0 aliphatic heterocycles. The van der Waals surface area contributed by atoms with Gasteiger partial charge in [0, 0.05) is 26.6 Å². The predicted octanol–water partition coefficient (Wildman–Crippen LogP) is 3.12. The van der Waals surface area contributed by atoms with Crippen molar-refractivity contribution in [3.05, 3.63) is 69.8 Å². The lowest BCUT2D eigenvalue weighted by molar-refractivity contribution is -0.120. The Morgan fingerprint density at radius 3 is 2.69 bits per heavy atom. The van der Waals surface area contributed by atoms with Crippen LogP contribution in [-0.2, 0) is 4.79 Å². The Morgan fingerprint density at radius 1 is 1.15 bits per heavy atom. The minimum absolute atomic E-state index is 0.162. The van der Waals surface area contributed by atoms with Crippen molar-refractivity contribution >= 4 is 44.9 Å². The second kappa shape index (κ2) is 7.97. The van der Waals surface area contributed by atoms with Crippen LogP contribution in [0.15, 0.2) is 58.1 Å². The lowest BCUT2D eigenvalue weighted by atomic mass is 10.1. The quantitative estimate of drug-likeness (QED) is 0.444. The van der Waals surface area contributed by atoms with Gasteiger partial charge in [0.1, 0.15) is 0 Å². The molecule has 1 aromatic heterocycles. The summed E-state index contributed by atoms with van der Waals surface area (Å²) in [5, 5.41) is 7.58. The van der Waals surface area contributed by atoms with E-state index in [1.165, 1.54) is 0 Å². The zero-order valence-electron chi connectivity index (χ0n) is 14.0. The monoisotopic (exact) mass is 412 g/mol. The number of hydrogen-bond acceptors (Lipinski definition) is 3. The number of benzene rings is 2. The van der Waals surface area contributed by atoms with Crippen LogP contribution < -0.4 is 10.7 Å². The van der Waals surface area contributed by atoms with E-state index in [2.05, 4.69) is 36.8 Å². The largest absolute Gasteiger partial charge is 0.358 e. The van der Waals surface area contributed by atoms with Crippen LogP contribution in [0.1, 0.15) is 21.6 Å². The first-order chi connectivity index (χ1) is 12.6. The van der Waals surface area contributed by atoms with Crippen LogP contribution in [0, 0.1) is 6.92 Å². The number of amides is 2. The number of rotatable bonds is 5. The molecular formula is C19H17BrN4O2. The van der Waals surface area contributed by atoms with Crippen LogP contribution >= 0.6 is 15.9 Å². The van der Waals surface area contributed by atoms with Crippen molar-refractivity contribution in [2.75, 3.05) is 6.54 Å². The number of nitrogens with one attached hydrogen (secondary N) is 3. The molecule has 0 unspecified atom stereocenters. The lowest BCUT2D eigenvalue weighted by Gasteiger charge is -2.05. The SMILES string of the molecule is Cc1[nH]c2ccccc2c1C=NNC(=O)CNC(=O)c1ccccc1Br. The standard InChI is InChI=1S/C19H17BrN4O2/c1-12-15(13-6-3-5-9-17(13)23-12)10-22-24-18(25)11-21-19(26)14-7-2-4-8-16(14)20/h2-10,23H,11H2,1H3,(H,21,26)(H,24,25). The number of fused-ring (bicyclic) bond motifs is 1. The molecule has 0 saturated heterocycles. The van der Waals surface area contributed by atoms with Gasteiger partial charge in [0.2, 0.25) is 0 Å². The summed E-state index contributed by atoms with van der Waals surface area (Å²) in [5.41, 5.74) is 5.79. The Labute approximate surface area is 158 Å². The minimum atomic E-state index is -0.404. The first-order valence-electron chi connectivity index (χ1n) is 7.98. The van der Waals surface area contributed by atoms with Gasteiger partial charge in [0.05, 0.1) is 18.3 Å². The molecule has 2 aromatic carbocycles. The maximum atomic E-state index is 12.1. The van der Waals surface area contributed by atoms with Crippen molar-refractivity contribution in [3.63, 3.8) is 0 Å². The number of carbonyl (C=O) groups is 2. The lowest BCUT2D eigenvalue weighted by Crippen LogP contribution is -2.35. The number of aromatic amines is 1. The molecule has 0 radical (unpaired) electrons. The van der Waals surface area contributed by atoms with E-state index in [0.717, 1.165) is 22.2 Å². The number of aromatic nitrogens is 1. The highest BCUT2D eigenvalue weighted by molar-refractivity contribution is 9.10. The summed E-state index contributed by atoms with van der Waals surface area (Å²) < 4.78 is 0.672. The van der Waals surface area contributed by atoms with Crippen LogP contribution in [0.2, 0.25) is 0 Å². The maximum Gasteiger partial charge on any atom is 0.259 e. The van der Waals surface area contributed by atoms with E-state index in [1.807, 2.05) is 37.3 Å². The Bertz CT molecular complexity index is 994. The topological polar surface area (TPSA) is 86.3 Å². The Kier molecular flexibility index (Phi) is 5.48. The molecule has 0 saturated carbocycles. The number of H-pyrrole nitrogens is 1. The molecule has 7 heteroatoms. The normalized spacial score (nSPS) is 11.0. The molecular weight excluding hydrogens is 396 g/mol. The van der Waals surface area contributed by atoms with E-state index in [1.54, 1.807) is 24.4 Å². The zero-order chi connectivity index (χ0) is 18.5. The Morgan fingerprint density at radius 2 is 1.88 bits per heavy atom. The van der Waals surface area contributed by atoms with Crippen LogP contribution in [0.25, 0.3) is 10.9 Å². The van der Waals surface area contributed by atoms with Crippen LogP contribution in [0.5, 0.6) is 0 Å². The van der Waals surface area contributed by atoms with Crippen molar-refractivity contribution in [2.24, 2.45) is 5.10 Å². The first-order valence-corrected chi connectivity index (χ1v) is 8.77. The second-order valence-corrected chi connectivity index (χ2v) is 6.52. The smallest absolute Gasteiger partial charge is 0.259 e. The third kappa shape index (κ3) is 4.00. The van der Waals surface area contributed by atoms with Gasteiger partial charge in [-0.3, -0.25) is 9.59 Å². The van der Waals surface area contributed by atoms with Gasteiger partial charge in [-0.15, -0.1) is 0 Å². The number of carbonyl (C=O) groups excluding carboxylic acids is 2. The van der Waals surface area contributed by atoms with E-state index >= 15 is 0 Å². The van der Waals surface area contributed by atoms with Crippen molar-refractivity contribution in [1.29, 1.82) is 0 Å². The first kappa shape index (κ1) is 17.9. The van der Waals surface area contributed by atoms with Gasteiger partial charge >= 0.3 is 0 Å². The van der Waals surface area contributed by atoms with E-state index in [4.69, 9.17) is 0 Å². The van der Waals surface area contributed by atoms with E-state index in [9.17, 15) is 9.59 Å². The number of para-hydroxylation sites is 1. The molecule has 132 valence electrons. The minimum Gasteiger partial charge on any atom is -0.358 e. The summed E-state index contributed by atoms with van der Waals surface area (Å²) in [4.78, 5) is 27.2. The summed E-state index contributed by atoms with van der Waals surface area (Å²) in [7, 11) is 0. The molecule has 0 spiro atoms. The molecule has 2 amide bonds. The molecule has 0 fully saturated rings. The highest BCUT2D eigenvalue weighted by atomic mass is 79.9. The molecule has 0 bridgehead atoms. The van der Waals surface area contributed by atoms with Crippen molar-refractivity contribution in [2.45, 2.75) is 6.92 Å². The number of halogens is 1. The average molecular weight is 413 g/mol. The van der Waals surface area contributed by atoms with E-state index < -0.39 is 5.91 Å². The van der Waals surface area contributed by atoms with E-state index in [0.29, 0.717) is 10.0 Å². The fourth-order valence-electron chi connectivity index (χ4n) is 2.57. The van der Waals surface area contributed by atoms with Crippen LogP contribution in [-0.4, -0.2) is 29.6 Å². The fourth-order valence-corrected chi connectivity index (χ4v) is 3.04.